The second-order valence-corrected chi connectivity index (χ2v) is 3.67. The molecule has 0 aliphatic heterocycles. The van der Waals surface area contributed by atoms with Crippen LogP contribution in [0.25, 0.3) is 0 Å². The highest BCUT2D eigenvalue weighted by Gasteiger charge is 2.02. The molecule has 0 spiro atoms. The van der Waals surface area contributed by atoms with Gasteiger partial charge >= 0.3 is 0 Å². The molecule has 0 aliphatic rings. The molecule has 1 nitrogen and oxygen atoms in total. The fraction of sp³-hybridized carbons (Fsp3) is 1.00. The second kappa shape index (κ2) is 7.20. The Hall–Kier alpha value is 0.540. The molecule has 3 heteroatoms. The van der Waals surface area contributed by atoms with Gasteiger partial charge in [0.05, 0.1) is 13.2 Å². The zero-order chi connectivity index (χ0) is 8.69. The maximum absolute atomic E-state index is 5.60. The quantitative estimate of drug-likeness (QED) is 0.597. The van der Waals surface area contributed by atoms with Gasteiger partial charge in [0.2, 0.25) is 0 Å². The van der Waals surface area contributed by atoms with Gasteiger partial charge in [-0.05, 0) is 11.8 Å². The molecule has 0 amide bonds. The molecule has 0 aromatic carbocycles. The van der Waals surface area contributed by atoms with Gasteiger partial charge in [-0.1, -0.05) is 13.8 Å². The van der Waals surface area contributed by atoms with Crippen LogP contribution in [0.1, 0.15) is 13.8 Å². The SMILES string of the molecule is CC(CCl)COCC(C)CCl. The van der Waals surface area contributed by atoms with Gasteiger partial charge < -0.3 is 4.74 Å². The van der Waals surface area contributed by atoms with Crippen molar-refractivity contribution in [3.05, 3.63) is 0 Å². The molecule has 0 radical (unpaired) electrons. The lowest BCUT2D eigenvalue weighted by molar-refractivity contribution is 0.0902. The minimum absolute atomic E-state index is 0.444. The summed E-state index contributed by atoms with van der Waals surface area (Å²) in [5, 5.41) is 0. The van der Waals surface area contributed by atoms with E-state index in [2.05, 4.69) is 13.8 Å². The fourth-order valence-electron chi connectivity index (χ4n) is 0.559. The Kier molecular flexibility index (Phi) is 7.56. The first kappa shape index (κ1) is 11.5. The highest BCUT2D eigenvalue weighted by Crippen LogP contribution is 2.02. The van der Waals surface area contributed by atoms with Crippen molar-refractivity contribution in [3.63, 3.8) is 0 Å². The van der Waals surface area contributed by atoms with Gasteiger partial charge in [0.15, 0.2) is 0 Å². The van der Waals surface area contributed by atoms with E-state index in [9.17, 15) is 0 Å². The summed E-state index contributed by atoms with van der Waals surface area (Å²) >= 11 is 11.2. The molecule has 2 atom stereocenters. The highest BCUT2D eigenvalue weighted by molar-refractivity contribution is 6.18. The minimum atomic E-state index is 0.444. The van der Waals surface area contributed by atoms with Crippen LogP contribution >= 0.6 is 23.2 Å². The summed E-state index contributed by atoms with van der Waals surface area (Å²) in [6, 6.07) is 0. The van der Waals surface area contributed by atoms with E-state index in [0.717, 1.165) is 13.2 Å². The third-order valence-electron chi connectivity index (χ3n) is 1.33. The van der Waals surface area contributed by atoms with E-state index in [4.69, 9.17) is 27.9 Å². The van der Waals surface area contributed by atoms with Gasteiger partial charge in [-0.2, -0.15) is 0 Å². The number of hydrogen-bond donors (Lipinski definition) is 0. The van der Waals surface area contributed by atoms with Crippen LogP contribution in [0.4, 0.5) is 0 Å². The lowest BCUT2D eigenvalue weighted by Crippen LogP contribution is -2.13. The van der Waals surface area contributed by atoms with Crippen LogP contribution < -0.4 is 0 Å². The standard InChI is InChI=1S/C8H16Cl2O/c1-7(3-9)5-11-6-8(2)4-10/h7-8H,3-6H2,1-2H3. The maximum atomic E-state index is 5.60. The number of ether oxygens (including phenoxy) is 1. The third kappa shape index (κ3) is 6.92. The molecular weight excluding hydrogens is 183 g/mol. The van der Waals surface area contributed by atoms with E-state index in [0.29, 0.717) is 23.6 Å². The van der Waals surface area contributed by atoms with Crippen LogP contribution in [0.15, 0.2) is 0 Å². The Labute approximate surface area is 79.0 Å². The van der Waals surface area contributed by atoms with Crippen molar-refractivity contribution in [1.29, 1.82) is 0 Å². The van der Waals surface area contributed by atoms with E-state index in [1.165, 1.54) is 0 Å². The molecule has 0 aromatic heterocycles. The van der Waals surface area contributed by atoms with Crippen molar-refractivity contribution in [2.45, 2.75) is 13.8 Å². The molecule has 2 unspecified atom stereocenters. The Morgan fingerprint density at radius 2 is 1.36 bits per heavy atom. The van der Waals surface area contributed by atoms with Gasteiger partial charge in [-0.15, -0.1) is 23.2 Å². The molecule has 0 N–H and O–H groups in total. The van der Waals surface area contributed by atoms with Gasteiger partial charge in [0.1, 0.15) is 0 Å². The molecule has 0 fully saturated rings. The Morgan fingerprint density at radius 1 is 1.00 bits per heavy atom. The summed E-state index contributed by atoms with van der Waals surface area (Å²) < 4.78 is 5.37. The monoisotopic (exact) mass is 198 g/mol. The minimum Gasteiger partial charge on any atom is -0.381 e. The first-order valence-electron chi connectivity index (χ1n) is 3.90. The number of hydrogen-bond acceptors (Lipinski definition) is 1. The molecule has 0 heterocycles. The topological polar surface area (TPSA) is 9.23 Å². The van der Waals surface area contributed by atoms with Crippen molar-refractivity contribution >= 4 is 23.2 Å². The Balaban J connectivity index is 3.13. The van der Waals surface area contributed by atoms with Crippen LogP contribution in [0.5, 0.6) is 0 Å². The van der Waals surface area contributed by atoms with Gasteiger partial charge in [-0.25, -0.2) is 0 Å². The number of alkyl halides is 2. The summed E-state index contributed by atoms with van der Waals surface area (Å²) in [4.78, 5) is 0. The predicted molar refractivity (Wildman–Crippen MR) is 50.6 cm³/mol. The number of rotatable bonds is 6. The first-order chi connectivity index (χ1) is 5.20. The van der Waals surface area contributed by atoms with Gasteiger partial charge in [-0.3, -0.25) is 0 Å². The highest BCUT2D eigenvalue weighted by atomic mass is 35.5. The van der Waals surface area contributed by atoms with E-state index in [-0.39, 0.29) is 0 Å². The van der Waals surface area contributed by atoms with Crippen molar-refractivity contribution in [2.75, 3.05) is 25.0 Å². The molecular formula is C8H16Cl2O. The van der Waals surface area contributed by atoms with Crippen LogP contribution in [0, 0.1) is 11.8 Å². The van der Waals surface area contributed by atoms with E-state index in [1.54, 1.807) is 0 Å². The molecule has 11 heavy (non-hydrogen) atoms. The maximum Gasteiger partial charge on any atom is 0.0503 e. The largest absolute Gasteiger partial charge is 0.381 e. The van der Waals surface area contributed by atoms with Crippen molar-refractivity contribution in [3.8, 4) is 0 Å². The average Bonchev–Trinajstić information content (AvgIpc) is 2.04. The predicted octanol–water partition coefficient (Wildman–Crippen LogP) is 2.75. The zero-order valence-electron chi connectivity index (χ0n) is 7.15. The first-order valence-corrected chi connectivity index (χ1v) is 4.97. The lowest BCUT2D eigenvalue weighted by atomic mass is 10.2. The molecule has 0 rings (SSSR count). The molecule has 0 aliphatic carbocycles. The van der Waals surface area contributed by atoms with Crippen LogP contribution in [-0.4, -0.2) is 25.0 Å². The third-order valence-corrected chi connectivity index (χ3v) is 2.39. The summed E-state index contributed by atoms with van der Waals surface area (Å²) in [6.07, 6.45) is 0. The van der Waals surface area contributed by atoms with E-state index in [1.807, 2.05) is 0 Å². The van der Waals surface area contributed by atoms with Gasteiger partial charge in [0.25, 0.3) is 0 Å². The van der Waals surface area contributed by atoms with Crippen LogP contribution in [0.3, 0.4) is 0 Å². The molecule has 68 valence electrons. The van der Waals surface area contributed by atoms with E-state index >= 15 is 0 Å². The van der Waals surface area contributed by atoms with Crippen LogP contribution in [-0.2, 0) is 4.74 Å². The smallest absolute Gasteiger partial charge is 0.0503 e. The molecule has 0 saturated heterocycles. The van der Waals surface area contributed by atoms with E-state index < -0.39 is 0 Å². The Bertz CT molecular complexity index is 78.2. The summed E-state index contributed by atoms with van der Waals surface area (Å²) in [7, 11) is 0. The average molecular weight is 199 g/mol. The van der Waals surface area contributed by atoms with Crippen molar-refractivity contribution in [1.82, 2.24) is 0 Å². The van der Waals surface area contributed by atoms with Crippen molar-refractivity contribution < 1.29 is 4.74 Å². The zero-order valence-corrected chi connectivity index (χ0v) is 8.66. The summed E-state index contributed by atoms with van der Waals surface area (Å²) in [5.74, 6) is 2.21. The Morgan fingerprint density at radius 3 is 1.64 bits per heavy atom. The van der Waals surface area contributed by atoms with Gasteiger partial charge in [0, 0.05) is 11.8 Å². The van der Waals surface area contributed by atoms with Crippen LogP contribution in [0.2, 0.25) is 0 Å². The van der Waals surface area contributed by atoms with Crippen molar-refractivity contribution in [2.24, 2.45) is 11.8 Å². The molecule has 0 bridgehead atoms. The lowest BCUT2D eigenvalue weighted by Gasteiger charge is -2.11. The second-order valence-electron chi connectivity index (χ2n) is 3.06. The number of halogens is 2. The summed E-state index contributed by atoms with van der Waals surface area (Å²) in [6.45, 7) is 5.62. The fourth-order valence-corrected chi connectivity index (χ4v) is 0.738. The normalized spacial score (nSPS) is 16.4. The molecule has 0 aromatic rings. The summed E-state index contributed by atoms with van der Waals surface area (Å²) in [5.41, 5.74) is 0. The molecule has 0 saturated carbocycles.